The molecular formula is C34H58O. The molecule has 2 fully saturated rings. The van der Waals surface area contributed by atoms with Crippen molar-refractivity contribution < 1.29 is 4.74 Å². The Morgan fingerprint density at radius 3 is 1.54 bits per heavy atom. The molecule has 0 aliphatic heterocycles. The first-order chi connectivity index (χ1) is 17.3. The second kappa shape index (κ2) is 17.5. The standard InChI is InChI=1S/C34H58O/c1-3-5-7-9-12-30-14-16-31(17-15-30)13-10-28-35-34-26-24-33(25-27-34)23-22-32-20-18-29(19-21-32)11-8-6-4-2/h24-27,29-32H,3-23,28H2,1-2H3. The quantitative estimate of drug-likeness (QED) is 0.201. The Bertz CT molecular complexity index is 618. The van der Waals surface area contributed by atoms with E-state index in [0.717, 1.165) is 36.0 Å². The average Bonchev–Trinajstić information content (AvgIpc) is 2.90. The summed E-state index contributed by atoms with van der Waals surface area (Å²) in [6, 6.07) is 9.05. The molecule has 0 saturated heterocycles. The number of aryl methyl sites for hydroxylation is 1. The number of unbranched alkanes of at least 4 members (excludes halogenated alkanes) is 5. The largest absolute Gasteiger partial charge is 0.494 e. The van der Waals surface area contributed by atoms with Crippen LogP contribution in [0.4, 0.5) is 0 Å². The highest BCUT2D eigenvalue weighted by atomic mass is 16.5. The van der Waals surface area contributed by atoms with Gasteiger partial charge >= 0.3 is 0 Å². The fourth-order valence-electron chi connectivity index (χ4n) is 6.85. The first-order valence-corrected chi connectivity index (χ1v) is 16.0. The van der Waals surface area contributed by atoms with E-state index in [-0.39, 0.29) is 0 Å². The predicted octanol–water partition coefficient (Wildman–Crippen LogP) is 10.9. The lowest BCUT2D eigenvalue weighted by atomic mass is 9.78. The third-order valence-corrected chi connectivity index (χ3v) is 9.40. The van der Waals surface area contributed by atoms with Crippen molar-refractivity contribution in [2.45, 2.75) is 149 Å². The van der Waals surface area contributed by atoms with Crippen LogP contribution in [0, 0.1) is 23.7 Å². The third-order valence-electron chi connectivity index (χ3n) is 9.40. The van der Waals surface area contributed by atoms with E-state index in [1.54, 1.807) is 0 Å². The van der Waals surface area contributed by atoms with E-state index in [4.69, 9.17) is 4.74 Å². The monoisotopic (exact) mass is 482 g/mol. The molecule has 0 aromatic heterocycles. The minimum absolute atomic E-state index is 0.887. The number of benzene rings is 1. The van der Waals surface area contributed by atoms with Crippen LogP contribution in [0.1, 0.15) is 148 Å². The van der Waals surface area contributed by atoms with Crippen molar-refractivity contribution >= 4 is 0 Å². The van der Waals surface area contributed by atoms with Crippen LogP contribution in [0.2, 0.25) is 0 Å². The maximum absolute atomic E-state index is 6.10. The summed E-state index contributed by atoms with van der Waals surface area (Å²) in [6.45, 7) is 5.52. The van der Waals surface area contributed by atoms with E-state index in [0.29, 0.717) is 0 Å². The van der Waals surface area contributed by atoms with Gasteiger partial charge in [-0.15, -0.1) is 0 Å². The Morgan fingerprint density at radius 2 is 1.00 bits per heavy atom. The molecule has 35 heavy (non-hydrogen) atoms. The van der Waals surface area contributed by atoms with Crippen LogP contribution in [0.5, 0.6) is 5.75 Å². The molecule has 0 amide bonds. The van der Waals surface area contributed by atoms with Gasteiger partial charge in [0.2, 0.25) is 0 Å². The molecule has 1 heteroatoms. The van der Waals surface area contributed by atoms with Crippen molar-refractivity contribution in [3.8, 4) is 5.75 Å². The molecule has 200 valence electrons. The lowest BCUT2D eigenvalue weighted by Gasteiger charge is -2.28. The maximum Gasteiger partial charge on any atom is 0.119 e. The smallest absolute Gasteiger partial charge is 0.119 e. The van der Waals surface area contributed by atoms with Crippen LogP contribution in [0.15, 0.2) is 24.3 Å². The zero-order chi connectivity index (χ0) is 24.6. The number of ether oxygens (including phenoxy) is 1. The van der Waals surface area contributed by atoms with Gasteiger partial charge in [-0.1, -0.05) is 135 Å². The van der Waals surface area contributed by atoms with Crippen molar-refractivity contribution in [3.05, 3.63) is 29.8 Å². The van der Waals surface area contributed by atoms with E-state index in [2.05, 4.69) is 38.1 Å². The Morgan fingerprint density at radius 1 is 0.543 bits per heavy atom. The molecule has 2 saturated carbocycles. The summed E-state index contributed by atoms with van der Waals surface area (Å²) in [5, 5.41) is 0. The van der Waals surface area contributed by atoms with E-state index < -0.39 is 0 Å². The zero-order valence-electron chi connectivity index (χ0n) is 23.6. The third kappa shape index (κ3) is 11.7. The van der Waals surface area contributed by atoms with Crippen LogP contribution >= 0.6 is 0 Å². The summed E-state index contributed by atoms with van der Waals surface area (Å²) >= 11 is 0. The van der Waals surface area contributed by atoms with Gasteiger partial charge < -0.3 is 4.74 Å². The average molecular weight is 483 g/mol. The molecule has 0 heterocycles. The summed E-state index contributed by atoms with van der Waals surface area (Å²) in [5.74, 6) is 5.05. The number of hydrogen-bond acceptors (Lipinski definition) is 1. The SMILES string of the molecule is CCCCCCC1CCC(CCCOc2ccc(CCC3CCC(CCCCC)CC3)cc2)CC1. The molecular weight excluding hydrogens is 424 g/mol. The van der Waals surface area contributed by atoms with Crippen molar-refractivity contribution in [1.29, 1.82) is 0 Å². The summed E-state index contributed by atoms with van der Waals surface area (Å²) < 4.78 is 6.10. The van der Waals surface area contributed by atoms with Gasteiger partial charge in [-0.25, -0.2) is 0 Å². The molecule has 0 atom stereocenters. The molecule has 2 aliphatic rings. The van der Waals surface area contributed by atoms with Crippen LogP contribution in [0.3, 0.4) is 0 Å². The van der Waals surface area contributed by atoms with Crippen LogP contribution < -0.4 is 4.74 Å². The van der Waals surface area contributed by atoms with Crippen LogP contribution in [-0.2, 0) is 6.42 Å². The fraction of sp³-hybridized carbons (Fsp3) is 0.824. The second-order valence-corrected chi connectivity index (χ2v) is 12.3. The number of hydrogen-bond donors (Lipinski definition) is 0. The highest BCUT2D eigenvalue weighted by Crippen LogP contribution is 2.35. The topological polar surface area (TPSA) is 9.23 Å². The van der Waals surface area contributed by atoms with Gasteiger partial charge in [-0.05, 0) is 67.1 Å². The molecule has 0 bridgehead atoms. The molecule has 1 nitrogen and oxygen atoms in total. The van der Waals surface area contributed by atoms with Crippen molar-refractivity contribution in [3.63, 3.8) is 0 Å². The van der Waals surface area contributed by atoms with Gasteiger partial charge in [0, 0.05) is 0 Å². The molecule has 0 radical (unpaired) electrons. The minimum atomic E-state index is 0.887. The molecule has 1 aromatic carbocycles. The van der Waals surface area contributed by atoms with Gasteiger partial charge in [0.1, 0.15) is 5.75 Å². The van der Waals surface area contributed by atoms with Gasteiger partial charge in [0.15, 0.2) is 0 Å². The van der Waals surface area contributed by atoms with E-state index in [1.807, 2.05) is 0 Å². The molecule has 0 N–H and O–H groups in total. The number of rotatable bonds is 17. The van der Waals surface area contributed by atoms with Crippen LogP contribution in [0.25, 0.3) is 0 Å². The summed E-state index contributed by atoms with van der Waals surface area (Å²) in [6.07, 6.45) is 30.0. The Hall–Kier alpha value is -0.980. The Kier molecular flexibility index (Phi) is 14.3. The van der Waals surface area contributed by atoms with Crippen molar-refractivity contribution in [2.24, 2.45) is 23.7 Å². The second-order valence-electron chi connectivity index (χ2n) is 12.3. The molecule has 2 aliphatic carbocycles. The van der Waals surface area contributed by atoms with Gasteiger partial charge in [-0.2, -0.15) is 0 Å². The maximum atomic E-state index is 6.10. The first kappa shape index (κ1) is 28.6. The fourth-order valence-corrected chi connectivity index (χ4v) is 6.85. The predicted molar refractivity (Wildman–Crippen MR) is 153 cm³/mol. The summed E-state index contributed by atoms with van der Waals surface area (Å²) in [7, 11) is 0. The molecule has 0 unspecified atom stereocenters. The Balaban J connectivity index is 1.20. The Labute approximate surface area is 219 Å². The highest BCUT2D eigenvalue weighted by Gasteiger charge is 2.21. The summed E-state index contributed by atoms with van der Waals surface area (Å²) in [4.78, 5) is 0. The first-order valence-electron chi connectivity index (χ1n) is 16.0. The van der Waals surface area contributed by atoms with Crippen LogP contribution in [-0.4, -0.2) is 6.61 Å². The summed E-state index contributed by atoms with van der Waals surface area (Å²) in [5.41, 5.74) is 1.49. The molecule has 0 spiro atoms. The lowest BCUT2D eigenvalue weighted by molar-refractivity contribution is 0.228. The van der Waals surface area contributed by atoms with Crippen molar-refractivity contribution in [1.82, 2.24) is 0 Å². The molecule has 3 rings (SSSR count). The molecule has 1 aromatic rings. The van der Waals surface area contributed by atoms with E-state index in [1.165, 1.54) is 140 Å². The van der Waals surface area contributed by atoms with E-state index in [9.17, 15) is 0 Å². The van der Waals surface area contributed by atoms with E-state index >= 15 is 0 Å². The van der Waals surface area contributed by atoms with Gasteiger partial charge in [-0.3, -0.25) is 0 Å². The van der Waals surface area contributed by atoms with Gasteiger partial charge in [0.05, 0.1) is 6.61 Å². The normalized spacial score (nSPS) is 25.0. The minimum Gasteiger partial charge on any atom is -0.494 e. The lowest BCUT2D eigenvalue weighted by Crippen LogP contribution is -2.15. The van der Waals surface area contributed by atoms with Crippen molar-refractivity contribution in [2.75, 3.05) is 6.61 Å². The van der Waals surface area contributed by atoms with Gasteiger partial charge in [0.25, 0.3) is 0 Å². The highest BCUT2D eigenvalue weighted by molar-refractivity contribution is 5.27. The zero-order valence-corrected chi connectivity index (χ0v) is 23.6.